The number of likely N-dealkylation sites (tertiary alicyclic amines) is 1. The van der Waals surface area contributed by atoms with Gasteiger partial charge in [0.1, 0.15) is 11.6 Å². The minimum atomic E-state index is -0.848. The standard InChI is InChI=1S/C18H23F2NO2/c1-12(22)10-14-4-2-9-21(14)17(23)18(7-3-8-18)15-6-5-13(19)11-16(15)20/h5-6,11-12,14,22H,2-4,7-10H2,1H3. The zero-order chi connectivity index (χ0) is 16.6. The Hall–Kier alpha value is -1.49. The summed E-state index contributed by atoms with van der Waals surface area (Å²) in [5.74, 6) is -1.32. The van der Waals surface area contributed by atoms with Crippen LogP contribution in [0.2, 0.25) is 0 Å². The molecule has 2 unspecified atom stereocenters. The molecule has 1 amide bonds. The summed E-state index contributed by atoms with van der Waals surface area (Å²) < 4.78 is 27.5. The lowest BCUT2D eigenvalue weighted by molar-refractivity contribution is -0.142. The highest BCUT2D eigenvalue weighted by Crippen LogP contribution is 2.47. The van der Waals surface area contributed by atoms with Crippen LogP contribution in [0.15, 0.2) is 18.2 Å². The average molecular weight is 323 g/mol. The summed E-state index contributed by atoms with van der Waals surface area (Å²) in [5.41, 5.74) is -0.531. The molecule has 1 aromatic carbocycles. The maximum Gasteiger partial charge on any atom is 0.233 e. The summed E-state index contributed by atoms with van der Waals surface area (Å²) in [6.45, 7) is 2.38. The Morgan fingerprint density at radius 3 is 2.70 bits per heavy atom. The molecule has 0 aromatic heterocycles. The van der Waals surface area contributed by atoms with Crippen LogP contribution < -0.4 is 0 Å². The molecule has 23 heavy (non-hydrogen) atoms. The van der Waals surface area contributed by atoms with Crippen LogP contribution in [0, 0.1) is 11.6 Å². The van der Waals surface area contributed by atoms with Gasteiger partial charge in [-0.1, -0.05) is 12.5 Å². The van der Waals surface area contributed by atoms with Crippen LogP contribution in [0.5, 0.6) is 0 Å². The van der Waals surface area contributed by atoms with Crippen molar-refractivity contribution in [1.29, 1.82) is 0 Å². The molecule has 0 bridgehead atoms. The lowest BCUT2D eigenvalue weighted by Crippen LogP contribution is -2.53. The van der Waals surface area contributed by atoms with Crippen LogP contribution in [-0.4, -0.2) is 34.6 Å². The number of aliphatic hydroxyl groups excluding tert-OH is 1. The number of carbonyl (C=O) groups is 1. The van der Waals surface area contributed by atoms with E-state index in [9.17, 15) is 18.7 Å². The smallest absolute Gasteiger partial charge is 0.233 e. The second-order valence-corrected chi connectivity index (χ2v) is 6.94. The van der Waals surface area contributed by atoms with Gasteiger partial charge in [0.2, 0.25) is 5.91 Å². The van der Waals surface area contributed by atoms with Crippen molar-refractivity contribution in [1.82, 2.24) is 4.90 Å². The summed E-state index contributed by atoms with van der Waals surface area (Å²) in [6, 6.07) is 3.52. The Labute approximate surface area is 135 Å². The molecule has 0 spiro atoms. The first-order valence-corrected chi connectivity index (χ1v) is 8.39. The van der Waals surface area contributed by atoms with Crippen molar-refractivity contribution in [2.75, 3.05) is 6.54 Å². The van der Waals surface area contributed by atoms with E-state index in [0.29, 0.717) is 31.4 Å². The monoisotopic (exact) mass is 323 g/mol. The average Bonchev–Trinajstić information content (AvgIpc) is 2.86. The van der Waals surface area contributed by atoms with Crippen LogP contribution >= 0.6 is 0 Å². The minimum absolute atomic E-state index is 0.0171. The number of hydrogen-bond acceptors (Lipinski definition) is 2. The SMILES string of the molecule is CC(O)CC1CCCN1C(=O)C1(c2ccc(F)cc2F)CCC1. The number of halogens is 2. The van der Waals surface area contributed by atoms with Gasteiger partial charge in [-0.05, 0) is 45.1 Å². The normalized spacial score (nSPS) is 24.3. The number of amides is 1. The van der Waals surface area contributed by atoms with Crippen LogP contribution in [-0.2, 0) is 10.2 Å². The van der Waals surface area contributed by atoms with E-state index in [4.69, 9.17) is 0 Å². The number of hydrogen-bond donors (Lipinski definition) is 1. The van der Waals surface area contributed by atoms with E-state index in [0.717, 1.165) is 25.3 Å². The molecule has 0 radical (unpaired) electrons. The van der Waals surface area contributed by atoms with Gasteiger partial charge in [0.25, 0.3) is 0 Å². The first-order chi connectivity index (χ1) is 10.9. The van der Waals surface area contributed by atoms with E-state index in [2.05, 4.69) is 0 Å². The second kappa shape index (κ2) is 6.19. The van der Waals surface area contributed by atoms with Crippen molar-refractivity contribution in [2.45, 2.75) is 63.0 Å². The molecule has 1 aliphatic carbocycles. The quantitative estimate of drug-likeness (QED) is 0.925. The molecule has 126 valence electrons. The minimum Gasteiger partial charge on any atom is -0.393 e. The fourth-order valence-corrected chi connectivity index (χ4v) is 4.02. The van der Waals surface area contributed by atoms with Crippen LogP contribution in [0.25, 0.3) is 0 Å². The fraction of sp³-hybridized carbons (Fsp3) is 0.611. The topological polar surface area (TPSA) is 40.5 Å². The third-order valence-electron chi connectivity index (χ3n) is 5.31. The van der Waals surface area contributed by atoms with Crippen LogP contribution in [0.1, 0.15) is 51.0 Å². The first kappa shape index (κ1) is 16.4. The molecular formula is C18H23F2NO2. The molecule has 5 heteroatoms. The Bertz CT molecular complexity index is 599. The van der Waals surface area contributed by atoms with Gasteiger partial charge in [-0.3, -0.25) is 4.79 Å². The zero-order valence-corrected chi connectivity index (χ0v) is 13.4. The van der Waals surface area contributed by atoms with Gasteiger partial charge in [0, 0.05) is 24.2 Å². The molecule has 1 aliphatic heterocycles. The molecule has 3 rings (SSSR count). The van der Waals surface area contributed by atoms with Gasteiger partial charge < -0.3 is 10.0 Å². The molecule has 2 atom stereocenters. The highest BCUT2D eigenvalue weighted by Gasteiger charge is 2.50. The van der Waals surface area contributed by atoms with Crippen molar-refractivity contribution in [3.05, 3.63) is 35.4 Å². The fourth-order valence-electron chi connectivity index (χ4n) is 4.02. The summed E-state index contributed by atoms with van der Waals surface area (Å²) in [4.78, 5) is 15.0. The van der Waals surface area contributed by atoms with Crippen molar-refractivity contribution in [3.8, 4) is 0 Å². The van der Waals surface area contributed by atoms with E-state index in [-0.39, 0.29) is 11.9 Å². The van der Waals surface area contributed by atoms with E-state index in [1.807, 2.05) is 4.90 Å². The van der Waals surface area contributed by atoms with Gasteiger partial charge in [-0.2, -0.15) is 0 Å². The molecule has 1 saturated carbocycles. The number of nitrogens with zero attached hydrogens (tertiary/aromatic N) is 1. The van der Waals surface area contributed by atoms with Crippen LogP contribution in [0.4, 0.5) is 8.78 Å². The molecule has 2 aliphatic rings. The largest absolute Gasteiger partial charge is 0.393 e. The van der Waals surface area contributed by atoms with Crippen molar-refractivity contribution in [2.24, 2.45) is 0 Å². The second-order valence-electron chi connectivity index (χ2n) is 6.94. The molecule has 1 N–H and O–H groups in total. The predicted octanol–water partition coefficient (Wildman–Crippen LogP) is 3.15. The van der Waals surface area contributed by atoms with Crippen molar-refractivity contribution < 1.29 is 18.7 Å². The highest BCUT2D eigenvalue weighted by atomic mass is 19.1. The maximum absolute atomic E-state index is 14.3. The van der Waals surface area contributed by atoms with Crippen molar-refractivity contribution in [3.63, 3.8) is 0 Å². The Balaban J connectivity index is 1.89. The van der Waals surface area contributed by atoms with E-state index in [1.54, 1.807) is 6.92 Å². The van der Waals surface area contributed by atoms with E-state index >= 15 is 0 Å². The predicted molar refractivity (Wildman–Crippen MR) is 82.9 cm³/mol. The van der Waals surface area contributed by atoms with Gasteiger partial charge in [0.05, 0.1) is 11.5 Å². The Morgan fingerprint density at radius 1 is 1.39 bits per heavy atom. The zero-order valence-electron chi connectivity index (χ0n) is 13.4. The number of aliphatic hydroxyl groups is 1. The third kappa shape index (κ3) is 2.87. The lowest BCUT2D eigenvalue weighted by Gasteiger charge is -2.44. The molecule has 1 saturated heterocycles. The summed E-state index contributed by atoms with van der Waals surface area (Å²) >= 11 is 0. The first-order valence-electron chi connectivity index (χ1n) is 8.39. The number of carbonyl (C=O) groups excluding carboxylic acids is 1. The lowest BCUT2D eigenvalue weighted by atomic mass is 9.63. The van der Waals surface area contributed by atoms with Crippen LogP contribution in [0.3, 0.4) is 0 Å². The van der Waals surface area contributed by atoms with E-state index in [1.165, 1.54) is 12.1 Å². The Morgan fingerprint density at radius 2 is 2.13 bits per heavy atom. The summed E-state index contributed by atoms with van der Waals surface area (Å²) in [6.07, 6.45) is 3.95. The number of rotatable bonds is 4. The van der Waals surface area contributed by atoms with Gasteiger partial charge >= 0.3 is 0 Å². The van der Waals surface area contributed by atoms with Crippen molar-refractivity contribution >= 4 is 5.91 Å². The van der Waals surface area contributed by atoms with Gasteiger partial charge in [0.15, 0.2) is 0 Å². The Kier molecular flexibility index (Phi) is 4.41. The summed E-state index contributed by atoms with van der Waals surface area (Å²) in [5, 5.41) is 9.64. The molecule has 3 nitrogen and oxygen atoms in total. The maximum atomic E-state index is 14.3. The molecule has 1 heterocycles. The highest BCUT2D eigenvalue weighted by molar-refractivity contribution is 5.89. The van der Waals surface area contributed by atoms with Gasteiger partial charge in [-0.25, -0.2) is 8.78 Å². The molecular weight excluding hydrogens is 300 g/mol. The summed E-state index contributed by atoms with van der Waals surface area (Å²) in [7, 11) is 0. The third-order valence-corrected chi connectivity index (χ3v) is 5.31. The van der Waals surface area contributed by atoms with Gasteiger partial charge in [-0.15, -0.1) is 0 Å². The number of benzene rings is 1. The molecule has 2 fully saturated rings. The molecule has 1 aromatic rings. The van der Waals surface area contributed by atoms with E-state index < -0.39 is 23.2 Å².